The van der Waals surface area contributed by atoms with Crippen LogP contribution in [0.15, 0.2) is 40.6 Å². The topological polar surface area (TPSA) is 72.2 Å². The van der Waals surface area contributed by atoms with E-state index in [0.29, 0.717) is 9.90 Å². The van der Waals surface area contributed by atoms with Gasteiger partial charge >= 0.3 is 0 Å². The van der Waals surface area contributed by atoms with Crippen LogP contribution >= 0.6 is 22.9 Å². The Morgan fingerprint density at radius 3 is 2.80 bits per heavy atom. The zero-order chi connectivity index (χ0) is 14.8. The minimum atomic E-state index is -3.58. The van der Waals surface area contributed by atoms with E-state index in [-0.39, 0.29) is 17.5 Å². The lowest BCUT2D eigenvalue weighted by atomic mass is 10.1. The third kappa shape index (κ3) is 3.39. The van der Waals surface area contributed by atoms with Crippen molar-refractivity contribution in [2.45, 2.75) is 24.4 Å². The van der Waals surface area contributed by atoms with Gasteiger partial charge in [0, 0.05) is 22.5 Å². The van der Waals surface area contributed by atoms with Crippen molar-refractivity contribution >= 4 is 33.0 Å². The summed E-state index contributed by atoms with van der Waals surface area (Å²) in [6.45, 7) is 1.98. The Morgan fingerprint density at radius 1 is 1.40 bits per heavy atom. The summed E-state index contributed by atoms with van der Waals surface area (Å²) in [7, 11) is -3.58. The molecule has 0 aliphatic rings. The molecule has 1 aromatic carbocycles. The van der Waals surface area contributed by atoms with Crippen molar-refractivity contribution in [1.82, 2.24) is 4.72 Å². The van der Waals surface area contributed by atoms with Crippen LogP contribution in [0.2, 0.25) is 5.02 Å². The van der Waals surface area contributed by atoms with Crippen LogP contribution in [0.4, 0.5) is 0 Å². The molecule has 1 heterocycles. The van der Waals surface area contributed by atoms with Crippen molar-refractivity contribution in [2.24, 2.45) is 5.73 Å². The van der Waals surface area contributed by atoms with Gasteiger partial charge in [-0.25, -0.2) is 13.1 Å². The van der Waals surface area contributed by atoms with Gasteiger partial charge in [-0.1, -0.05) is 23.7 Å². The Morgan fingerprint density at radius 2 is 2.15 bits per heavy atom. The van der Waals surface area contributed by atoms with Gasteiger partial charge in [-0.05, 0) is 36.1 Å². The van der Waals surface area contributed by atoms with Crippen molar-refractivity contribution in [2.75, 3.05) is 0 Å². The molecule has 2 aromatic rings. The van der Waals surface area contributed by atoms with Gasteiger partial charge in [-0.2, -0.15) is 0 Å². The standard InChI is InChI=1S/C13H15ClN2O2S2/c1-9(10-3-2-4-11(14)7-10)16-20(17,18)13-5-6-19-12(13)8-15/h2-7,9,16H,8,15H2,1H3. The van der Waals surface area contributed by atoms with Crippen LogP contribution in [0.1, 0.15) is 23.4 Å². The molecule has 0 fully saturated rings. The van der Waals surface area contributed by atoms with E-state index < -0.39 is 10.0 Å². The van der Waals surface area contributed by atoms with E-state index in [9.17, 15) is 8.42 Å². The van der Waals surface area contributed by atoms with Gasteiger partial charge in [0.1, 0.15) is 0 Å². The number of thiophene rings is 1. The first-order chi connectivity index (χ1) is 9.44. The van der Waals surface area contributed by atoms with Crippen LogP contribution in [0.25, 0.3) is 0 Å². The summed E-state index contributed by atoms with van der Waals surface area (Å²) >= 11 is 7.25. The molecule has 20 heavy (non-hydrogen) atoms. The Labute approximate surface area is 127 Å². The maximum absolute atomic E-state index is 12.3. The Kier molecular flexibility index (Phi) is 4.82. The van der Waals surface area contributed by atoms with Crippen molar-refractivity contribution in [3.63, 3.8) is 0 Å². The second-order valence-corrected chi connectivity index (χ2v) is 7.43. The van der Waals surface area contributed by atoms with Gasteiger partial charge in [-0.3, -0.25) is 0 Å². The molecule has 1 atom stereocenters. The largest absolute Gasteiger partial charge is 0.326 e. The first-order valence-electron chi connectivity index (χ1n) is 5.98. The molecule has 0 amide bonds. The highest BCUT2D eigenvalue weighted by molar-refractivity contribution is 7.89. The molecular formula is C13H15ClN2O2S2. The van der Waals surface area contributed by atoms with Crippen LogP contribution in [0.5, 0.6) is 0 Å². The van der Waals surface area contributed by atoms with Crippen LogP contribution < -0.4 is 10.5 Å². The van der Waals surface area contributed by atoms with Crippen LogP contribution in [0.3, 0.4) is 0 Å². The molecule has 0 spiro atoms. The van der Waals surface area contributed by atoms with Crippen LogP contribution in [0, 0.1) is 0 Å². The summed E-state index contributed by atoms with van der Waals surface area (Å²) < 4.78 is 27.3. The first kappa shape index (κ1) is 15.5. The lowest BCUT2D eigenvalue weighted by Gasteiger charge is -2.15. The molecular weight excluding hydrogens is 316 g/mol. The van der Waals surface area contributed by atoms with Gasteiger partial charge < -0.3 is 5.73 Å². The third-order valence-corrected chi connectivity index (χ3v) is 5.79. The zero-order valence-corrected chi connectivity index (χ0v) is 13.2. The molecule has 4 nitrogen and oxygen atoms in total. The Balaban J connectivity index is 2.24. The predicted octanol–water partition coefficient (Wildman–Crippen LogP) is 2.90. The van der Waals surface area contributed by atoms with Gasteiger partial charge in [0.15, 0.2) is 0 Å². The van der Waals surface area contributed by atoms with Crippen LogP contribution in [-0.2, 0) is 16.6 Å². The summed E-state index contributed by atoms with van der Waals surface area (Å²) in [5, 5.41) is 2.30. The fourth-order valence-electron chi connectivity index (χ4n) is 1.86. The normalized spacial score (nSPS) is 13.3. The summed E-state index contributed by atoms with van der Waals surface area (Å²) in [4.78, 5) is 0.898. The molecule has 0 saturated heterocycles. The molecule has 2 rings (SSSR count). The molecule has 1 aromatic heterocycles. The summed E-state index contributed by atoms with van der Waals surface area (Å²) in [6.07, 6.45) is 0. The fourth-order valence-corrected chi connectivity index (χ4v) is 4.62. The van der Waals surface area contributed by atoms with Gasteiger partial charge in [0.2, 0.25) is 10.0 Å². The quantitative estimate of drug-likeness (QED) is 0.885. The second kappa shape index (κ2) is 6.24. The molecule has 0 bridgehead atoms. The van der Waals surface area contributed by atoms with E-state index in [1.54, 1.807) is 36.6 Å². The number of benzene rings is 1. The first-order valence-corrected chi connectivity index (χ1v) is 8.72. The number of rotatable bonds is 5. The lowest BCUT2D eigenvalue weighted by Crippen LogP contribution is -2.27. The van der Waals surface area contributed by atoms with Gasteiger partial charge in [0.05, 0.1) is 4.90 Å². The Bertz CT molecular complexity index is 698. The highest BCUT2D eigenvalue weighted by Crippen LogP contribution is 2.24. The van der Waals surface area contributed by atoms with Gasteiger partial charge in [0.25, 0.3) is 0 Å². The van der Waals surface area contributed by atoms with Crippen molar-refractivity contribution in [1.29, 1.82) is 0 Å². The zero-order valence-electron chi connectivity index (χ0n) is 10.8. The fraction of sp³-hybridized carbons (Fsp3) is 0.231. The number of sulfonamides is 1. The molecule has 1 unspecified atom stereocenters. The maximum atomic E-state index is 12.3. The predicted molar refractivity (Wildman–Crippen MR) is 82.4 cm³/mol. The number of halogens is 1. The second-order valence-electron chi connectivity index (χ2n) is 4.31. The average Bonchev–Trinajstić information content (AvgIpc) is 2.87. The highest BCUT2D eigenvalue weighted by atomic mass is 35.5. The number of nitrogens with one attached hydrogen (secondary N) is 1. The van der Waals surface area contributed by atoms with E-state index in [1.807, 2.05) is 6.07 Å². The van der Waals surface area contributed by atoms with E-state index in [0.717, 1.165) is 5.56 Å². The smallest absolute Gasteiger partial charge is 0.242 e. The molecule has 108 valence electrons. The van der Waals surface area contributed by atoms with Crippen molar-refractivity contribution in [3.05, 3.63) is 51.2 Å². The van der Waals surface area contributed by atoms with E-state index in [2.05, 4.69) is 4.72 Å². The van der Waals surface area contributed by atoms with E-state index >= 15 is 0 Å². The minimum Gasteiger partial charge on any atom is -0.326 e. The Hall–Kier alpha value is -0.920. The van der Waals surface area contributed by atoms with Crippen LogP contribution in [-0.4, -0.2) is 8.42 Å². The molecule has 0 aliphatic carbocycles. The molecule has 0 saturated carbocycles. The molecule has 0 aliphatic heterocycles. The van der Waals surface area contributed by atoms with Crippen molar-refractivity contribution < 1.29 is 8.42 Å². The molecule has 3 N–H and O–H groups in total. The number of hydrogen-bond acceptors (Lipinski definition) is 4. The summed E-state index contributed by atoms with van der Waals surface area (Å²) in [6, 6.07) is 8.31. The molecule has 0 radical (unpaired) electrons. The van der Waals surface area contributed by atoms with Gasteiger partial charge in [-0.15, -0.1) is 11.3 Å². The van der Waals surface area contributed by atoms with Crippen molar-refractivity contribution in [3.8, 4) is 0 Å². The SMILES string of the molecule is CC(NS(=O)(=O)c1ccsc1CN)c1cccc(Cl)c1. The lowest BCUT2D eigenvalue weighted by molar-refractivity contribution is 0.566. The molecule has 7 heteroatoms. The summed E-state index contributed by atoms with van der Waals surface area (Å²) in [5.74, 6) is 0. The number of hydrogen-bond donors (Lipinski definition) is 2. The monoisotopic (exact) mass is 330 g/mol. The summed E-state index contributed by atoms with van der Waals surface area (Å²) in [5.41, 5.74) is 6.37. The maximum Gasteiger partial charge on any atom is 0.242 e. The highest BCUT2D eigenvalue weighted by Gasteiger charge is 2.22. The minimum absolute atomic E-state index is 0.208. The van der Waals surface area contributed by atoms with E-state index in [1.165, 1.54) is 11.3 Å². The average molecular weight is 331 g/mol. The number of nitrogens with two attached hydrogens (primary N) is 1. The van der Waals surface area contributed by atoms with E-state index in [4.69, 9.17) is 17.3 Å². The third-order valence-electron chi connectivity index (χ3n) is 2.86.